The maximum atomic E-state index is 11.1. The van der Waals surface area contributed by atoms with Crippen LogP contribution >= 0.6 is 0 Å². The summed E-state index contributed by atoms with van der Waals surface area (Å²) in [6, 6.07) is 9.22. The molecule has 1 unspecified atom stereocenters. The van der Waals surface area contributed by atoms with E-state index in [4.69, 9.17) is 15.3 Å². The summed E-state index contributed by atoms with van der Waals surface area (Å²) in [6.45, 7) is 0.655. The molecule has 8 nitrogen and oxygen atoms in total. The SMILES string of the molecule is CC(CNCC(=O)O)(Cc1ccccc1)N(CC(=O)O)CC(=O)O. The van der Waals surface area contributed by atoms with Gasteiger partial charge in [0.1, 0.15) is 0 Å². The number of carboxylic acid groups (broad SMARTS) is 3. The van der Waals surface area contributed by atoms with Gasteiger partial charge in [0, 0.05) is 12.1 Å². The number of benzene rings is 1. The Morgan fingerprint density at radius 1 is 1.00 bits per heavy atom. The minimum atomic E-state index is -1.14. The van der Waals surface area contributed by atoms with Crippen molar-refractivity contribution >= 4 is 17.9 Å². The molecule has 8 heteroatoms. The molecule has 132 valence electrons. The standard InChI is InChI=1S/C16H22N2O6/c1-16(11-17-8-13(19)20,7-12-5-3-2-4-6-12)18(9-14(21)22)10-15(23)24/h2-6,17H,7-11H2,1H3,(H,19,20)(H,21,22)(H,23,24). The summed E-state index contributed by atoms with van der Waals surface area (Å²) in [4.78, 5) is 34.3. The molecular weight excluding hydrogens is 316 g/mol. The lowest BCUT2D eigenvalue weighted by Gasteiger charge is -2.40. The molecule has 1 aromatic carbocycles. The molecule has 0 radical (unpaired) electrons. The van der Waals surface area contributed by atoms with Crippen LogP contribution in [-0.4, -0.2) is 69.8 Å². The lowest BCUT2D eigenvalue weighted by atomic mass is 9.90. The fourth-order valence-electron chi connectivity index (χ4n) is 2.52. The van der Waals surface area contributed by atoms with Crippen LogP contribution in [0.3, 0.4) is 0 Å². The van der Waals surface area contributed by atoms with Gasteiger partial charge in [-0.15, -0.1) is 0 Å². The molecule has 0 aromatic heterocycles. The van der Waals surface area contributed by atoms with Gasteiger partial charge in [-0.3, -0.25) is 19.3 Å². The molecule has 1 atom stereocenters. The quantitative estimate of drug-likeness (QED) is 0.448. The van der Waals surface area contributed by atoms with Crippen LogP contribution in [0.1, 0.15) is 12.5 Å². The summed E-state index contributed by atoms with van der Waals surface area (Å²) in [5.41, 5.74) is 0.0195. The number of nitrogens with one attached hydrogen (secondary N) is 1. The maximum absolute atomic E-state index is 11.1. The fourth-order valence-corrected chi connectivity index (χ4v) is 2.52. The van der Waals surface area contributed by atoms with Crippen LogP contribution in [0.25, 0.3) is 0 Å². The zero-order valence-electron chi connectivity index (χ0n) is 13.4. The highest BCUT2D eigenvalue weighted by Crippen LogP contribution is 2.20. The monoisotopic (exact) mass is 338 g/mol. The number of aliphatic carboxylic acids is 3. The van der Waals surface area contributed by atoms with E-state index in [0.29, 0.717) is 6.42 Å². The lowest BCUT2D eigenvalue weighted by molar-refractivity contribution is -0.145. The Kier molecular flexibility index (Phi) is 7.34. The van der Waals surface area contributed by atoms with E-state index in [-0.39, 0.29) is 13.1 Å². The fraction of sp³-hybridized carbons (Fsp3) is 0.438. The molecule has 0 aliphatic carbocycles. The Morgan fingerprint density at radius 3 is 2.00 bits per heavy atom. The number of rotatable bonds is 11. The van der Waals surface area contributed by atoms with Crippen LogP contribution in [0.2, 0.25) is 0 Å². The molecule has 0 amide bonds. The van der Waals surface area contributed by atoms with Crippen LogP contribution in [0.5, 0.6) is 0 Å². The van der Waals surface area contributed by atoms with E-state index in [2.05, 4.69) is 5.32 Å². The number of nitrogens with zero attached hydrogens (tertiary/aromatic N) is 1. The zero-order valence-corrected chi connectivity index (χ0v) is 13.4. The molecular formula is C16H22N2O6. The highest BCUT2D eigenvalue weighted by Gasteiger charge is 2.34. The third kappa shape index (κ3) is 6.76. The first-order valence-electron chi connectivity index (χ1n) is 7.38. The molecule has 1 rings (SSSR count). The van der Waals surface area contributed by atoms with Crippen LogP contribution in [0.4, 0.5) is 0 Å². The number of hydrogen-bond acceptors (Lipinski definition) is 5. The van der Waals surface area contributed by atoms with Gasteiger partial charge < -0.3 is 20.6 Å². The van der Waals surface area contributed by atoms with Gasteiger partial charge in [-0.1, -0.05) is 30.3 Å². The molecule has 0 spiro atoms. The Morgan fingerprint density at radius 2 is 1.54 bits per heavy atom. The molecule has 24 heavy (non-hydrogen) atoms. The van der Waals surface area contributed by atoms with E-state index < -0.39 is 36.5 Å². The first kappa shape index (κ1) is 19.6. The zero-order chi connectivity index (χ0) is 18.2. The molecule has 0 saturated carbocycles. The maximum Gasteiger partial charge on any atom is 0.317 e. The second-order valence-corrected chi connectivity index (χ2v) is 5.80. The molecule has 1 aromatic rings. The van der Waals surface area contributed by atoms with Gasteiger partial charge in [-0.2, -0.15) is 0 Å². The summed E-state index contributed by atoms with van der Waals surface area (Å²) in [6.07, 6.45) is 0.376. The van der Waals surface area contributed by atoms with Crippen molar-refractivity contribution in [1.29, 1.82) is 0 Å². The van der Waals surface area contributed by atoms with E-state index in [1.807, 2.05) is 30.3 Å². The summed E-state index contributed by atoms with van der Waals surface area (Å²) < 4.78 is 0. The first-order chi connectivity index (χ1) is 11.2. The van der Waals surface area contributed by atoms with Crippen LogP contribution in [0, 0.1) is 0 Å². The first-order valence-corrected chi connectivity index (χ1v) is 7.38. The predicted octanol–water partition coefficient (Wildman–Crippen LogP) is 0.133. The Bertz CT molecular complexity index is 561. The third-order valence-electron chi connectivity index (χ3n) is 3.63. The Labute approximate surface area is 139 Å². The second kappa shape index (κ2) is 8.99. The molecule has 0 bridgehead atoms. The van der Waals surface area contributed by atoms with Crippen molar-refractivity contribution in [2.45, 2.75) is 18.9 Å². The van der Waals surface area contributed by atoms with E-state index in [0.717, 1.165) is 5.56 Å². The summed E-state index contributed by atoms with van der Waals surface area (Å²) in [5, 5.41) is 29.7. The van der Waals surface area contributed by atoms with E-state index >= 15 is 0 Å². The van der Waals surface area contributed by atoms with Gasteiger partial charge in [0.2, 0.25) is 0 Å². The smallest absolute Gasteiger partial charge is 0.317 e. The van der Waals surface area contributed by atoms with Crippen molar-refractivity contribution in [3.05, 3.63) is 35.9 Å². The predicted molar refractivity (Wildman–Crippen MR) is 85.9 cm³/mol. The van der Waals surface area contributed by atoms with Crippen molar-refractivity contribution in [2.75, 3.05) is 26.2 Å². The van der Waals surface area contributed by atoms with Crippen LogP contribution < -0.4 is 5.32 Å². The van der Waals surface area contributed by atoms with Gasteiger partial charge in [-0.25, -0.2) is 0 Å². The topological polar surface area (TPSA) is 127 Å². The van der Waals surface area contributed by atoms with Crippen molar-refractivity contribution in [3.8, 4) is 0 Å². The van der Waals surface area contributed by atoms with E-state index in [9.17, 15) is 14.4 Å². The minimum absolute atomic E-state index is 0.134. The van der Waals surface area contributed by atoms with Gasteiger partial charge in [-0.05, 0) is 18.9 Å². The minimum Gasteiger partial charge on any atom is -0.480 e. The van der Waals surface area contributed by atoms with Crippen LogP contribution in [0.15, 0.2) is 30.3 Å². The van der Waals surface area contributed by atoms with E-state index in [1.54, 1.807) is 6.92 Å². The van der Waals surface area contributed by atoms with Crippen molar-refractivity contribution < 1.29 is 29.7 Å². The number of carboxylic acids is 3. The van der Waals surface area contributed by atoms with Crippen molar-refractivity contribution in [2.24, 2.45) is 0 Å². The van der Waals surface area contributed by atoms with E-state index in [1.165, 1.54) is 4.90 Å². The van der Waals surface area contributed by atoms with Gasteiger partial charge in [0.15, 0.2) is 0 Å². The van der Waals surface area contributed by atoms with Gasteiger partial charge in [0.05, 0.1) is 19.6 Å². The molecule has 0 fully saturated rings. The second-order valence-electron chi connectivity index (χ2n) is 5.80. The van der Waals surface area contributed by atoms with Gasteiger partial charge in [0.25, 0.3) is 0 Å². The lowest BCUT2D eigenvalue weighted by Crippen LogP contribution is -2.57. The summed E-state index contributed by atoms with van der Waals surface area (Å²) in [5.74, 6) is -3.33. The largest absolute Gasteiger partial charge is 0.480 e. The number of hydrogen-bond donors (Lipinski definition) is 4. The molecule has 0 aliphatic heterocycles. The Hall–Kier alpha value is -2.45. The highest BCUT2D eigenvalue weighted by atomic mass is 16.4. The number of carbonyl (C=O) groups is 3. The summed E-state index contributed by atoms with van der Waals surface area (Å²) in [7, 11) is 0. The van der Waals surface area contributed by atoms with Crippen molar-refractivity contribution in [3.63, 3.8) is 0 Å². The van der Waals surface area contributed by atoms with Gasteiger partial charge >= 0.3 is 17.9 Å². The highest BCUT2D eigenvalue weighted by molar-refractivity contribution is 5.73. The average molecular weight is 338 g/mol. The third-order valence-corrected chi connectivity index (χ3v) is 3.63. The average Bonchev–Trinajstić information content (AvgIpc) is 2.46. The normalized spacial score (nSPS) is 13.4. The molecule has 0 aliphatic rings. The molecule has 0 saturated heterocycles. The molecule has 4 N–H and O–H groups in total. The summed E-state index contributed by atoms with van der Waals surface area (Å²) >= 11 is 0. The van der Waals surface area contributed by atoms with Crippen LogP contribution in [-0.2, 0) is 20.8 Å². The Balaban J connectivity index is 3.03. The molecule has 0 heterocycles. The van der Waals surface area contributed by atoms with Crippen molar-refractivity contribution in [1.82, 2.24) is 10.2 Å².